The molecule has 0 unspecified atom stereocenters. The van der Waals surface area contributed by atoms with E-state index < -0.39 is 18.2 Å². The molecule has 0 saturated carbocycles. The first-order valence-corrected chi connectivity index (χ1v) is 5.72. The van der Waals surface area contributed by atoms with Crippen molar-refractivity contribution >= 4 is 11.0 Å². The molecule has 96 valence electrons. The quantitative estimate of drug-likeness (QED) is 0.462. The first-order valence-electron chi connectivity index (χ1n) is 5.72. The van der Waals surface area contributed by atoms with Crippen molar-refractivity contribution in [2.45, 2.75) is 31.2 Å². The third-order valence-corrected chi connectivity index (χ3v) is 3.45. The van der Waals surface area contributed by atoms with Gasteiger partial charge in [-0.25, -0.2) is 9.97 Å². The van der Waals surface area contributed by atoms with E-state index in [4.69, 9.17) is 0 Å². The number of rotatable bonds is 1. The number of hydrogen-bond donors (Lipinski definition) is 5. The van der Waals surface area contributed by atoms with Crippen LogP contribution in [0.2, 0.25) is 0 Å². The molecule has 1 saturated heterocycles. The van der Waals surface area contributed by atoms with Crippen LogP contribution in [-0.2, 0) is 0 Å². The number of fused-ring (bicyclic) bond motifs is 1. The molecule has 0 radical (unpaired) electrons. The molecule has 0 aliphatic carbocycles. The van der Waals surface area contributed by atoms with Gasteiger partial charge in [0.2, 0.25) is 5.88 Å². The molecule has 7 nitrogen and oxygen atoms in total. The Morgan fingerprint density at radius 3 is 2.67 bits per heavy atom. The first kappa shape index (κ1) is 11.4. The number of aromatic nitrogens is 3. The molecule has 0 bridgehead atoms. The Hall–Kier alpha value is -1.70. The minimum absolute atomic E-state index is 0.132. The lowest BCUT2D eigenvalue weighted by Gasteiger charge is -2.14. The van der Waals surface area contributed by atoms with Crippen LogP contribution in [0.15, 0.2) is 12.5 Å². The van der Waals surface area contributed by atoms with E-state index in [0.29, 0.717) is 16.6 Å². The summed E-state index contributed by atoms with van der Waals surface area (Å²) in [7, 11) is 0. The number of aliphatic hydroxyl groups is 2. The van der Waals surface area contributed by atoms with Crippen LogP contribution < -0.4 is 5.32 Å². The van der Waals surface area contributed by atoms with Gasteiger partial charge in [0.05, 0.1) is 12.1 Å². The first-order chi connectivity index (χ1) is 8.59. The molecule has 2 aromatic rings. The maximum Gasteiger partial charge on any atom is 0.239 e. The van der Waals surface area contributed by atoms with E-state index in [2.05, 4.69) is 20.3 Å². The monoisotopic (exact) mass is 250 g/mol. The minimum Gasteiger partial charge on any atom is -0.492 e. The summed E-state index contributed by atoms with van der Waals surface area (Å²) in [6, 6.07) is -0.622. The van der Waals surface area contributed by atoms with Gasteiger partial charge in [-0.15, -0.1) is 0 Å². The number of nitrogens with one attached hydrogen (secondary N) is 2. The number of aliphatic hydroxyl groups excluding tert-OH is 2. The van der Waals surface area contributed by atoms with E-state index in [-0.39, 0.29) is 11.9 Å². The second kappa shape index (κ2) is 3.91. The van der Waals surface area contributed by atoms with Crippen LogP contribution in [0.25, 0.3) is 11.0 Å². The molecule has 3 heterocycles. The summed E-state index contributed by atoms with van der Waals surface area (Å²) in [4.78, 5) is 10.6. The number of hydrogen-bond acceptors (Lipinski definition) is 6. The predicted octanol–water partition coefficient (Wildman–Crippen LogP) is -0.582. The van der Waals surface area contributed by atoms with Crippen molar-refractivity contribution < 1.29 is 15.3 Å². The lowest BCUT2D eigenvalue weighted by molar-refractivity contribution is 0.0303. The van der Waals surface area contributed by atoms with Gasteiger partial charge in [-0.3, -0.25) is 0 Å². The molecule has 0 spiro atoms. The smallest absolute Gasteiger partial charge is 0.239 e. The number of aromatic hydroxyl groups is 1. The molecule has 18 heavy (non-hydrogen) atoms. The Morgan fingerprint density at radius 1 is 1.22 bits per heavy atom. The van der Waals surface area contributed by atoms with Gasteiger partial charge in [-0.2, -0.15) is 0 Å². The van der Waals surface area contributed by atoms with Crippen LogP contribution in [0.4, 0.5) is 0 Å². The van der Waals surface area contributed by atoms with E-state index >= 15 is 0 Å². The zero-order valence-corrected chi connectivity index (χ0v) is 9.70. The fourth-order valence-corrected chi connectivity index (χ4v) is 2.43. The van der Waals surface area contributed by atoms with Gasteiger partial charge in [-0.1, -0.05) is 0 Å². The largest absolute Gasteiger partial charge is 0.492 e. The SMILES string of the molecule is C[C@H]1N[C@@H](c2c[nH]c3c(O)ncnc23)[C@H](O)[C@@H]1O. The summed E-state index contributed by atoms with van der Waals surface area (Å²) < 4.78 is 0. The number of aromatic amines is 1. The maximum absolute atomic E-state index is 10.00. The molecule has 1 aliphatic rings. The Morgan fingerprint density at radius 2 is 2.00 bits per heavy atom. The zero-order chi connectivity index (χ0) is 12.9. The Balaban J connectivity index is 2.08. The van der Waals surface area contributed by atoms with Crippen LogP contribution in [0.1, 0.15) is 18.5 Å². The van der Waals surface area contributed by atoms with E-state index in [1.807, 2.05) is 0 Å². The van der Waals surface area contributed by atoms with Crippen molar-refractivity contribution in [3.63, 3.8) is 0 Å². The summed E-state index contributed by atoms with van der Waals surface area (Å²) in [5.41, 5.74) is 1.68. The van der Waals surface area contributed by atoms with Crippen LogP contribution in [0.3, 0.4) is 0 Å². The number of nitrogens with zero attached hydrogens (tertiary/aromatic N) is 2. The molecular weight excluding hydrogens is 236 g/mol. The van der Waals surface area contributed by atoms with E-state index in [9.17, 15) is 15.3 Å². The van der Waals surface area contributed by atoms with Crippen LogP contribution >= 0.6 is 0 Å². The topological polar surface area (TPSA) is 114 Å². The van der Waals surface area contributed by atoms with Gasteiger partial charge in [0.25, 0.3) is 0 Å². The summed E-state index contributed by atoms with van der Waals surface area (Å²) >= 11 is 0. The average molecular weight is 250 g/mol. The van der Waals surface area contributed by atoms with Gasteiger partial charge in [0, 0.05) is 17.8 Å². The molecule has 5 N–H and O–H groups in total. The highest BCUT2D eigenvalue weighted by atomic mass is 16.3. The van der Waals surface area contributed by atoms with Crippen molar-refractivity contribution in [3.8, 4) is 5.88 Å². The highest BCUT2D eigenvalue weighted by molar-refractivity contribution is 5.83. The molecule has 3 rings (SSSR count). The van der Waals surface area contributed by atoms with Crippen LogP contribution in [0, 0.1) is 0 Å². The highest BCUT2D eigenvalue weighted by Crippen LogP contribution is 2.32. The van der Waals surface area contributed by atoms with Crippen molar-refractivity contribution in [1.29, 1.82) is 0 Å². The molecule has 0 amide bonds. The van der Waals surface area contributed by atoms with E-state index in [1.165, 1.54) is 6.33 Å². The second-order valence-electron chi connectivity index (χ2n) is 4.58. The van der Waals surface area contributed by atoms with E-state index in [0.717, 1.165) is 0 Å². The third-order valence-electron chi connectivity index (χ3n) is 3.45. The summed E-state index contributed by atoms with van der Waals surface area (Å²) in [6.45, 7) is 1.80. The van der Waals surface area contributed by atoms with Crippen molar-refractivity contribution in [2.24, 2.45) is 0 Å². The van der Waals surface area contributed by atoms with E-state index in [1.54, 1.807) is 13.1 Å². The summed E-state index contributed by atoms with van der Waals surface area (Å²) in [6.07, 6.45) is 1.19. The zero-order valence-electron chi connectivity index (χ0n) is 9.70. The standard InChI is InChI=1S/C11H14N4O3/c1-4-9(16)10(17)7(15-4)5-2-12-8-6(5)13-3-14-11(8)18/h2-4,7,9-10,12,15-17H,1H3,(H,13,14,18)/t4-,7+,9-,10+/m1/s1. The predicted molar refractivity (Wildman–Crippen MR) is 62.9 cm³/mol. The van der Waals surface area contributed by atoms with Gasteiger partial charge in [0.15, 0.2) is 0 Å². The third kappa shape index (κ3) is 1.48. The van der Waals surface area contributed by atoms with Crippen LogP contribution in [0.5, 0.6) is 5.88 Å². The molecule has 2 aromatic heterocycles. The van der Waals surface area contributed by atoms with Gasteiger partial charge in [0.1, 0.15) is 23.5 Å². The Labute approximate surface area is 103 Å². The van der Waals surface area contributed by atoms with Crippen molar-refractivity contribution in [1.82, 2.24) is 20.3 Å². The molecule has 1 fully saturated rings. The molecule has 7 heteroatoms. The van der Waals surface area contributed by atoms with Gasteiger partial charge in [-0.05, 0) is 6.92 Å². The Bertz CT molecular complexity index is 585. The molecule has 4 atom stereocenters. The lowest BCUT2D eigenvalue weighted by Crippen LogP contribution is -2.29. The fourth-order valence-electron chi connectivity index (χ4n) is 2.43. The molecular formula is C11H14N4O3. The Kier molecular flexibility index (Phi) is 2.47. The van der Waals surface area contributed by atoms with Gasteiger partial charge < -0.3 is 25.6 Å². The second-order valence-corrected chi connectivity index (χ2v) is 4.58. The normalized spacial score (nSPS) is 32.2. The van der Waals surface area contributed by atoms with Crippen LogP contribution in [-0.4, -0.2) is 48.5 Å². The summed E-state index contributed by atoms with van der Waals surface area (Å²) in [5, 5.41) is 32.4. The average Bonchev–Trinajstić information content (AvgIpc) is 2.88. The fraction of sp³-hybridized carbons (Fsp3) is 0.455. The maximum atomic E-state index is 10.00. The van der Waals surface area contributed by atoms with Crippen molar-refractivity contribution in [2.75, 3.05) is 0 Å². The lowest BCUT2D eigenvalue weighted by atomic mass is 10.0. The highest BCUT2D eigenvalue weighted by Gasteiger charge is 2.40. The van der Waals surface area contributed by atoms with Gasteiger partial charge >= 0.3 is 0 Å². The van der Waals surface area contributed by atoms with Crippen molar-refractivity contribution in [3.05, 3.63) is 18.1 Å². The summed E-state index contributed by atoms with van der Waals surface area (Å²) in [5.74, 6) is -0.132. The number of H-pyrrole nitrogens is 1. The molecule has 0 aromatic carbocycles. The minimum atomic E-state index is -0.906. The molecule has 1 aliphatic heterocycles.